The summed E-state index contributed by atoms with van der Waals surface area (Å²) in [6.07, 6.45) is 1.07. The summed E-state index contributed by atoms with van der Waals surface area (Å²) in [4.78, 5) is 36.4. The number of nitro benzene ring substituents is 1. The SMILES string of the molecule is CCn1cc(C(=O)O)c(=O)c2cc(F)c(N3CCNCC3)c([N+](=O)[O-])c21. The normalized spacial score (nSPS) is 14.6. The molecule has 0 atom stereocenters. The fraction of sp³-hybridized carbons (Fsp3) is 0.375. The van der Waals surface area contributed by atoms with Crippen molar-refractivity contribution in [2.24, 2.45) is 0 Å². The molecule has 0 amide bonds. The lowest BCUT2D eigenvalue weighted by Gasteiger charge is -2.29. The van der Waals surface area contributed by atoms with Gasteiger partial charge < -0.3 is 19.9 Å². The number of pyridine rings is 1. The number of benzene rings is 1. The highest BCUT2D eigenvalue weighted by molar-refractivity contribution is 5.98. The zero-order valence-electron chi connectivity index (χ0n) is 14.0. The van der Waals surface area contributed by atoms with E-state index < -0.39 is 33.4 Å². The number of nitrogens with one attached hydrogen (secondary N) is 1. The van der Waals surface area contributed by atoms with E-state index >= 15 is 0 Å². The predicted molar refractivity (Wildman–Crippen MR) is 92.5 cm³/mol. The molecule has 1 fully saturated rings. The number of carboxylic acids is 1. The first-order valence-electron chi connectivity index (χ1n) is 8.09. The van der Waals surface area contributed by atoms with Crippen LogP contribution in [0.3, 0.4) is 0 Å². The summed E-state index contributed by atoms with van der Waals surface area (Å²) in [6, 6.07) is 0.903. The van der Waals surface area contributed by atoms with Crippen molar-refractivity contribution < 1.29 is 19.2 Å². The van der Waals surface area contributed by atoms with Gasteiger partial charge in [-0.15, -0.1) is 0 Å². The summed E-state index contributed by atoms with van der Waals surface area (Å²) in [5.41, 5.74) is -2.25. The van der Waals surface area contributed by atoms with E-state index in [2.05, 4.69) is 5.32 Å². The average Bonchev–Trinajstić information content (AvgIpc) is 2.61. The first-order valence-corrected chi connectivity index (χ1v) is 8.09. The molecule has 10 heteroatoms. The van der Waals surface area contributed by atoms with Crippen molar-refractivity contribution in [3.8, 4) is 0 Å². The highest BCUT2D eigenvalue weighted by atomic mass is 19.1. The molecule has 1 aliphatic heterocycles. The van der Waals surface area contributed by atoms with Gasteiger partial charge in [0.2, 0.25) is 5.43 Å². The Kier molecular flexibility index (Phi) is 4.60. The van der Waals surface area contributed by atoms with E-state index in [0.717, 1.165) is 12.3 Å². The number of carbonyl (C=O) groups is 1. The Morgan fingerprint density at radius 1 is 1.42 bits per heavy atom. The van der Waals surface area contributed by atoms with E-state index in [1.165, 1.54) is 4.57 Å². The smallest absolute Gasteiger partial charge is 0.341 e. The number of nitro groups is 1. The van der Waals surface area contributed by atoms with E-state index in [0.29, 0.717) is 26.2 Å². The van der Waals surface area contributed by atoms with Crippen molar-refractivity contribution in [1.82, 2.24) is 9.88 Å². The molecule has 0 unspecified atom stereocenters. The molecule has 26 heavy (non-hydrogen) atoms. The van der Waals surface area contributed by atoms with Crippen LogP contribution in [0.1, 0.15) is 17.3 Å². The minimum Gasteiger partial charge on any atom is -0.477 e. The molecule has 2 aromatic rings. The van der Waals surface area contributed by atoms with Gasteiger partial charge in [0, 0.05) is 38.9 Å². The van der Waals surface area contributed by atoms with Crippen molar-refractivity contribution in [3.05, 3.63) is 44.0 Å². The predicted octanol–water partition coefficient (Wildman–Crippen LogP) is 1.18. The van der Waals surface area contributed by atoms with Crippen molar-refractivity contribution in [3.63, 3.8) is 0 Å². The van der Waals surface area contributed by atoms with Gasteiger partial charge in [-0.25, -0.2) is 9.18 Å². The van der Waals surface area contributed by atoms with Crippen molar-refractivity contribution >= 4 is 28.2 Å². The third-order valence-electron chi connectivity index (χ3n) is 4.45. The monoisotopic (exact) mass is 364 g/mol. The number of fused-ring (bicyclic) bond motifs is 1. The van der Waals surface area contributed by atoms with Gasteiger partial charge in [0.05, 0.1) is 10.3 Å². The zero-order chi connectivity index (χ0) is 19.0. The summed E-state index contributed by atoms with van der Waals surface area (Å²) >= 11 is 0. The second-order valence-corrected chi connectivity index (χ2v) is 5.91. The zero-order valence-corrected chi connectivity index (χ0v) is 14.0. The number of anilines is 1. The molecule has 3 rings (SSSR count). The third kappa shape index (κ3) is 2.77. The fourth-order valence-corrected chi connectivity index (χ4v) is 3.27. The molecular formula is C16H17FN4O5. The maximum absolute atomic E-state index is 14.8. The second-order valence-electron chi connectivity index (χ2n) is 5.91. The minimum atomic E-state index is -1.46. The number of hydrogen-bond donors (Lipinski definition) is 2. The number of halogens is 1. The summed E-state index contributed by atoms with van der Waals surface area (Å²) in [6.45, 7) is 3.71. The highest BCUT2D eigenvalue weighted by Crippen LogP contribution is 2.38. The van der Waals surface area contributed by atoms with E-state index in [9.17, 15) is 29.2 Å². The number of aromatic carboxylic acids is 1. The molecule has 0 bridgehead atoms. The number of nitrogens with zero attached hydrogens (tertiary/aromatic N) is 3. The van der Waals surface area contributed by atoms with Crippen LogP contribution >= 0.6 is 0 Å². The second kappa shape index (κ2) is 6.71. The Hall–Kier alpha value is -3.01. The van der Waals surface area contributed by atoms with E-state index in [4.69, 9.17) is 0 Å². The maximum atomic E-state index is 14.8. The van der Waals surface area contributed by atoms with Crippen LogP contribution in [0.5, 0.6) is 0 Å². The lowest BCUT2D eigenvalue weighted by Crippen LogP contribution is -2.44. The molecule has 2 heterocycles. The molecule has 0 spiro atoms. The molecule has 138 valence electrons. The van der Waals surface area contributed by atoms with Crippen LogP contribution < -0.4 is 15.6 Å². The number of hydrogen-bond acceptors (Lipinski definition) is 6. The van der Waals surface area contributed by atoms with E-state index in [-0.39, 0.29) is 23.1 Å². The van der Waals surface area contributed by atoms with Gasteiger partial charge in [0.15, 0.2) is 11.5 Å². The topological polar surface area (TPSA) is 118 Å². The molecule has 1 saturated heterocycles. The number of rotatable bonds is 4. The van der Waals surface area contributed by atoms with Gasteiger partial charge in [-0.2, -0.15) is 0 Å². The third-order valence-corrected chi connectivity index (χ3v) is 4.45. The van der Waals surface area contributed by atoms with Crippen LogP contribution in [0.4, 0.5) is 15.8 Å². The summed E-state index contributed by atoms with van der Waals surface area (Å²) < 4.78 is 16.1. The standard InChI is InChI=1S/C16H17FN4O5/c1-2-19-8-10(16(23)24)15(22)9-7-11(17)13(14(12(9)19)21(25)26)20-5-3-18-4-6-20/h7-8,18H,2-6H2,1H3,(H,23,24). The molecule has 2 N–H and O–H groups in total. The van der Waals surface area contributed by atoms with Gasteiger partial charge >= 0.3 is 11.7 Å². The van der Waals surface area contributed by atoms with Gasteiger partial charge in [0.1, 0.15) is 11.1 Å². The van der Waals surface area contributed by atoms with Gasteiger partial charge in [-0.1, -0.05) is 0 Å². The largest absolute Gasteiger partial charge is 0.477 e. The Labute approximate surface area is 146 Å². The molecule has 0 radical (unpaired) electrons. The van der Waals surface area contributed by atoms with Gasteiger partial charge in [-0.05, 0) is 13.0 Å². The first-order chi connectivity index (χ1) is 12.4. The van der Waals surface area contributed by atoms with Crippen LogP contribution in [0.15, 0.2) is 17.1 Å². The average molecular weight is 364 g/mol. The van der Waals surface area contributed by atoms with Crippen molar-refractivity contribution in [2.45, 2.75) is 13.5 Å². The van der Waals surface area contributed by atoms with Crippen LogP contribution in [-0.4, -0.2) is 46.7 Å². The van der Waals surface area contributed by atoms with Crippen molar-refractivity contribution in [2.75, 3.05) is 31.1 Å². The van der Waals surface area contributed by atoms with Crippen LogP contribution in [-0.2, 0) is 6.54 Å². The van der Waals surface area contributed by atoms with Gasteiger partial charge in [-0.3, -0.25) is 14.9 Å². The summed E-state index contributed by atoms with van der Waals surface area (Å²) in [5.74, 6) is -2.37. The molecule has 9 nitrogen and oxygen atoms in total. The Morgan fingerprint density at radius 2 is 2.08 bits per heavy atom. The molecular weight excluding hydrogens is 347 g/mol. The van der Waals surface area contributed by atoms with Crippen LogP contribution in [0.25, 0.3) is 10.9 Å². The van der Waals surface area contributed by atoms with E-state index in [1.54, 1.807) is 11.8 Å². The molecule has 1 aliphatic rings. The Bertz CT molecular complexity index is 965. The quantitative estimate of drug-likeness (QED) is 0.618. The summed E-state index contributed by atoms with van der Waals surface area (Å²) in [7, 11) is 0. The Balaban J connectivity index is 2.45. The number of piperazine rings is 1. The molecule has 0 saturated carbocycles. The number of carboxylic acid groups (broad SMARTS) is 1. The van der Waals surface area contributed by atoms with Crippen molar-refractivity contribution in [1.29, 1.82) is 0 Å². The maximum Gasteiger partial charge on any atom is 0.341 e. The number of aromatic nitrogens is 1. The van der Waals surface area contributed by atoms with Crippen LogP contribution in [0, 0.1) is 15.9 Å². The van der Waals surface area contributed by atoms with Crippen LogP contribution in [0.2, 0.25) is 0 Å². The highest BCUT2D eigenvalue weighted by Gasteiger charge is 2.31. The molecule has 1 aromatic carbocycles. The summed E-state index contributed by atoms with van der Waals surface area (Å²) in [5, 5.41) is 23.8. The Morgan fingerprint density at radius 3 is 2.62 bits per heavy atom. The van der Waals surface area contributed by atoms with Gasteiger partial charge in [0.25, 0.3) is 0 Å². The number of aryl methyl sites for hydroxylation is 1. The first kappa shape index (κ1) is 17.8. The lowest BCUT2D eigenvalue weighted by molar-refractivity contribution is -0.382. The fourth-order valence-electron chi connectivity index (χ4n) is 3.27. The minimum absolute atomic E-state index is 0.0672. The lowest BCUT2D eigenvalue weighted by atomic mass is 10.1. The molecule has 1 aromatic heterocycles. The molecule has 0 aliphatic carbocycles. The van der Waals surface area contributed by atoms with E-state index in [1.807, 2.05) is 0 Å².